The molecule has 94 valence electrons. The first-order valence-corrected chi connectivity index (χ1v) is 6.12. The third kappa shape index (κ3) is 2.54. The highest BCUT2D eigenvalue weighted by Gasteiger charge is 2.34. The Balaban J connectivity index is 2.44. The van der Waals surface area contributed by atoms with Gasteiger partial charge in [-0.2, -0.15) is 13.2 Å². The molecule has 0 bridgehead atoms. The summed E-state index contributed by atoms with van der Waals surface area (Å²) in [4.78, 5) is 2.80. The molecular weight excluding hydrogens is 247 g/mol. The van der Waals surface area contributed by atoms with Crippen molar-refractivity contribution in [3.8, 4) is 0 Å². The Morgan fingerprint density at radius 3 is 2.53 bits per heavy atom. The van der Waals surface area contributed by atoms with Crippen molar-refractivity contribution in [1.82, 2.24) is 0 Å². The molecule has 0 atom stereocenters. The first-order chi connectivity index (χ1) is 7.69. The lowest BCUT2D eigenvalue weighted by molar-refractivity contribution is -0.137. The molecule has 0 fully saturated rings. The molecular formula is C12H14F3NS. The number of thioether (sulfide) groups is 1. The van der Waals surface area contributed by atoms with Gasteiger partial charge in [0.05, 0.1) is 11.3 Å². The van der Waals surface area contributed by atoms with Crippen LogP contribution in [0.5, 0.6) is 0 Å². The van der Waals surface area contributed by atoms with Crippen molar-refractivity contribution in [1.29, 1.82) is 0 Å². The van der Waals surface area contributed by atoms with Gasteiger partial charge in [0, 0.05) is 23.2 Å². The van der Waals surface area contributed by atoms with Crippen LogP contribution in [-0.2, 0) is 6.18 Å². The van der Waals surface area contributed by atoms with E-state index in [4.69, 9.17) is 0 Å². The second-order valence-corrected chi connectivity index (χ2v) is 6.65. The molecule has 0 N–H and O–H groups in total. The highest BCUT2D eigenvalue weighted by Crippen LogP contribution is 2.45. The Bertz CT molecular complexity index is 440. The van der Waals surface area contributed by atoms with Gasteiger partial charge in [0.25, 0.3) is 0 Å². The van der Waals surface area contributed by atoms with Crippen molar-refractivity contribution in [2.24, 2.45) is 0 Å². The Labute approximate surface area is 103 Å². The average Bonchev–Trinajstić information content (AvgIpc) is 2.13. The number of alkyl halides is 3. The molecule has 0 spiro atoms. The zero-order chi connectivity index (χ0) is 12.8. The standard InChI is InChI=1S/C12H14F3NS/c1-11(2)7-16(3)9-6-8(12(13,14)15)4-5-10(9)17-11/h4-6H,7H2,1-3H3. The zero-order valence-corrected chi connectivity index (χ0v) is 10.7. The van der Waals surface area contributed by atoms with E-state index in [2.05, 4.69) is 13.8 Å². The van der Waals surface area contributed by atoms with E-state index in [0.717, 1.165) is 17.5 Å². The summed E-state index contributed by atoms with van der Waals surface area (Å²) in [6.07, 6.45) is -4.27. The summed E-state index contributed by atoms with van der Waals surface area (Å²) in [5.41, 5.74) is 0.0903. The zero-order valence-electron chi connectivity index (χ0n) is 9.93. The number of anilines is 1. The molecule has 1 aliphatic heterocycles. The molecule has 17 heavy (non-hydrogen) atoms. The van der Waals surface area contributed by atoms with Crippen LogP contribution >= 0.6 is 11.8 Å². The summed E-state index contributed by atoms with van der Waals surface area (Å²) in [6, 6.07) is 3.96. The topological polar surface area (TPSA) is 3.24 Å². The van der Waals surface area contributed by atoms with Gasteiger partial charge in [0.1, 0.15) is 0 Å². The second kappa shape index (κ2) is 3.83. The third-order valence-electron chi connectivity index (χ3n) is 2.70. The summed E-state index contributed by atoms with van der Waals surface area (Å²) in [6.45, 7) is 4.93. The summed E-state index contributed by atoms with van der Waals surface area (Å²) < 4.78 is 37.9. The molecule has 0 unspecified atom stereocenters. The molecule has 1 nitrogen and oxygen atoms in total. The molecule has 1 heterocycles. The summed E-state index contributed by atoms with van der Waals surface area (Å²) in [7, 11) is 1.83. The van der Waals surface area contributed by atoms with Crippen LogP contribution in [0.25, 0.3) is 0 Å². The van der Waals surface area contributed by atoms with Crippen molar-refractivity contribution < 1.29 is 13.2 Å². The quantitative estimate of drug-likeness (QED) is 0.693. The number of hydrogen-bond acceptors (Lipinski definition) is 2. The lowest BCUT2D eigenvalue weighted by Gasteiger charge is -2.38. The maximum absolute atomic E-state index is 12.6. The van der Waals surface area contributed by atoms with E-state index in [-0.39, 0.29) is 4.75 Å². The normalized spacial score (nSPS) is 19.1. The van der Waals surface area contributed by atoms with Crippen LogP contribution in [-0.4, -0.2) is 18.3 Å². The van der Waals surface area contributed by atoms with Crippen LogP contribution in [0.15, 0.2) is 23.1 Å². The van der Waals surface area contributed by atoms with E-state index in [1.54, 1.807) is 17.8 Å². The van der Waals surface area contributed by atoms with Crippen LogP contribution in [0.3, 0.4) is 0 Å². The van der Waals surface area contributed by atoms with E-state index in [9.17, 15) is 13.2 Å². The minimum absolute atomic E-state index is 0.0293. The number of hydrogen-bond donors (Lipinski definition) is 0. The van der Waals surface area contributed by atoms with E-state index in [1.807, 2.05) is 11.9 Å². The van der Waals surface area contributed by atoms with Gasteiger partial charge in [-0.1, -0.05) is 0 Å². The summed E-state index contributed by atoms with van der Waals surface area (Å²) in [5.74, 6) is 0. The van der Waals surface area contributed by atoms with E-state index in [0.29, 0.717) is 5.69 Å². The van der Waals surface area contributed by atoms with Crippen LogP contribution in [0, 0.1) is 0 Å². The number of halogens is 3. The molecule has 0 saturated heterocycles. The van der Waals surface area contributed by atoms with Gasteiger partial charge < -0.3 is 4.90 Å². The lowest BCUT2D eigenvalue weighted by Crippen LogP contribution is -2.37. The first kappa shape index (κ1) is 12.6. The second-order valence-electron chi connectivity index (χ2n) is 4.90. The monoisotopic (exact) mass is 261 g/mol. The van der Waals surface area contributed by atoms with Crippen molar-refractivity contribution in [3.05, 3.63) is 23.8 Å². The summed E-state index contributed by atoms with van der Waals surface area (Å²) in [5, 5.41) is 0. The molecule has 0 saturated carbocycles. The van der Waals surface area contributed by atoms with Crippen LogP contribution in [0.1, 0.15) is 19.4 Å². The van der Waals surface area contributed by atoms with Gasteiger partial charge in [-0.15, -0.1) is 11.8 Å². The van der Waals surface area contributed by atoms with Crippen LogP contribution in [0.2, 0.25) is 0 Å². The highest BCUT2D eigenvalue weighted by atomic mass is 32.2. The van der Waals surface area contributed by atoms with Gasteiger partial charge >= 0.3 is 6.18 Å². The Hall–Kier alpha value is -0.840. The van der Waals surface area contributed by atoms with Gasteiger partial charge in [0.15, 0.2) is 0 Å². The number of fused-ring (bicyclic) bond motifs is 1. The van der Waals surface area contributed by atoms with E-state index in [1.165, 1.54) is 6.07 Å². The fourth-order valence-electron chi connectivity index (χ4n) is 2.06. The molecule has 5 heteroatoms. The van der Waals surface area contributed by atoms with Gasteiger partial charge in [-0.05, 0) is 32.0 Å². The number of nitrogens with zero attached hydrogens (tertiary/aromatic N) is 1. The molecule has 1 aromatic carbocycles. The number of rotatable bonds is 0. The minimum Gasteiger partial charge on any atom is -0.372 e. The maximum atomic E-state index is 12.6. The Kier molecular flexibility index (Phi) is 2.84. The molecule has 0 aliphatic carbocycles. The molecule has 1 aliphatic rings. The molecule has 1 aromatic rings. The fraction of sp³-hybridized carbons (Fsp3) is 0.500. The third-order valence-corrected chi connectivity index (χ3v) is 3.95. The number of benzene rings is 1. The van der Waals surface area contributed by atoms with Crippen molar-refractivity contribution in [2.75, 3.05) is 18.5 Å². The van der Waals surface area contributed by atoms with Crippen molar-refractivity contribution >= 4 is 17.4 Å². The van der Waals surface area contributed by atoms with Crippen LogP contribution < -0.4 is 4.90 Å². The van der Waals surface area contributed by atoms with Crippen LogP contribution in [0.4, 0.5) is 18.9 Å². The predicted octanol–water partition coefficient (Wildman–Crippen LogP) is 4.03. The minimum atomic E-state index is -4.27. The maximum Gasteiger partial charge on any atom is 0.416 e. The fourth-order valence-corrected chi connectivity index (χ4v) is 3.37. The van der Waals surface area contributed by atoms with Gasteiger partial charge in [-0.3, -0.25) is 0 Å². The SMILES string of the molecule is CN1CC(C)(C)Sc2ccc(C(F)(F)F)cc21. The molecule has 2 rings (SSSR count). The first-order valence-electron chi connectivity index (χ1n) is 5.30. The highest BCUT2D eigenvalue weighted by molar-refractivity contribution is 8.00. The van der Waals surface area contributed by atoms with E-state index >= 15 is 0 Å². The van der Waals surface area contributed by atoms with Gasteiger partial charge in [0.2, 0.25) is 0 Å². The molecule has 0 amide bonds. The predicted molar refractivity (Wildman–Crippen MR) is 64.7 cm³/mol. The van der Waals surface area contributed by atoms with E-state index < -0.39 is 11.7 Å². The Morgan fingerprint density at radius 1 is 1.29 bits per heavy atom. The largest absolute Gasteiger partial charge is 0.416 e. The average molecular weight is 261 g/mol. The smallest absolute Gasteiger partial charge is 0.372 e. The lowest BCUT2D eigenvalue weighted by atomic mass is 10.1. The van der Waals surface area contributed by atoms with Gasteiger partial charge in [-0.25, -0.2) is 0 Å². The Morgan fingerprint density at radius 2 is 1.94 bits per heavy atom. The molecule has 0 radical (unpaired) electrons. The summed E-state index contributed by atoms with van der Waals surface area (Å²) >= 11 is 1.63. The van der Waals surface area contributed by atoms with Crippen molar-refractivity contribution in [2.45, 2.75) is 29.7 Å². The van der Waals surface area contributed by atoms with Crippen molar-refractivity contribution in [3.63, 3.8) is 0 Å². The molecule has 0 aromatic heterocycles.